The number of alkyl halides is 1. The second kappa shape index (κ2) is 6.73. The molecule has 1 fully saturated rings. The van der Waals surface area contributed by atoms with Gasteiger partial charge in [0.05, 0.1) is 7.11 Å². The third-order valence-corrected chi connectivity index (χ3v) is 4.69. The van der Waals surface area contributed by atoms with Crippen LogP contribution in [0.1, 0.15) is 39.5 Å². The fourth-order valence-corrected chi connectivity index (χ4v) is 2.98. The summed E-state index contributed by atoms with van der Waals surface area (Å²) in [7, 11) is 1.36. The molecular formula is C13H22INO3. The third-order valence-electron chi connectivity index (χ3n) is 3.74. The number of methoxy groups -OCH3 is 1. The number of hydrogen-bond donors (Lipinski definition) is 1. The molecule has 4 nitrogen and oxygen atoms in total. The lowest BCUT2D eigenvalue weighted by molar-refractivity contribution is -0.139. The van der Waals surface area contributed by atoms with Crippen molar-refractivity contribution in [1.82, 2.24) is 5.32 Å². The lowest BCUT2D eigenvalue weighted by Crippen LogP contribution is -2.43. The van der Waals surface area contributed by atoms with Crippen LogP contribution in [0, 0.1) is 11.3 Å². The van der Waals surface area contributed by atoms with Gasteiger partial charge >= 0.3 is 5.97 Å². The van der Waals surface area contributed by atoms with Gasteiger partial charge in [-0.3, -0.25) is 9.59 Å². The van der Waals surface area contributed by atoms with Crippen molar-refractivity contribution in [2.45, 2.75) is 43.5 Å². The molecule has 0 aromatic rings. The molecule has 5 heteroatoms. The van der Waals surface area contributed by atoms with E-state index >= 15 is 0 Å². The predicted molar refractivity (Wildman–Crippen MR) is 78.6 cm³/mol. The van der Waals surface area contributed by atoms with E-state index in [0.717, 1.165) is 19.3 Å². The summed E-state index contributed by atoms with van der Waals surface area (Å²) < 4.78 is 4.32. The van der Waals surface area contributed by atoms with Crippen LogP contribution in [0.25, 0.3) is 0 Å². The Morgan fingerprint density at radius 3 is 2.67 bits per heavy atom. The number of carbonyl (C=O) groups excluding carboxylic acids is 2. The smallest absolute Gasteiger partial charge is 0.320 e. The molecule has 0 aliphatic heterocycles. The summed E-state index contributed by atoms with van der Waals surface area (Å²) >= 11 is 1.99. The average molecular weight is 367 g/mol. The molecule has 104 valence electrons. The zero-order valence-corrected chi connectivity index (χ0v) is 13.5. The minimum Gasteiger partial charge on any atom is -0.468 e. The summed E-state index contributed by atoms with van der Waals surface area (Å²) in [4.78, 5) is 23.4. The fourth-order valence-electron chi connectivity index (χ4n) is 2.50. The molecule has 0 aromatic carbocycles. The van der Waals surface area contributed by atoms with Gasteiger partial charge in [0.15, 0.2) is 0 Å². The molecule has 0 spiro atoms. The monoisotopic (exact) mass is 367 g/mol. The van der Waals surface area contributed by atoms with Crippen LogP contribution in [0.5, 0.6) is 0 Å². The normalized spacial score (nSPS) is 24.1. The lowest BCUT2D eigenvalue weighted by Gasteiger charge is -2.37. The van der Waals surface area contributed by atoms with Gasteiger partial charge in [-0.2, -0.15) is 0 Å². The fraction of sp³-hybridized carbons (Fsp3) is 0.846. The van der Waals surface area contributed by atoms with Gasteiger partial charge in [-0.15, -0.1) is 0 Å². The highest BCUT2D eigenvalue weighted by molar-refractivity contribution is 14.1. The Morgan fingerprint density at radius 1 is 1.44 bits per heavy atom. The van der Waals surface area contributed by atoms with Crippen molar-refractivity contribution in [3.05, 3.63) is 0 Å². The zero-order chi connectivity index (χ0) is 13.8. The largest absolute Gasteiger partial charge is 0.468 e. The molecule has 1 aliphatic rings. The SMILES string of the molecule is COC(=O)C(I)CNC(=O)C1CCCCC1(C)C. The van der Waals surface area contributed by atoms with Crippen LogP contribution >= 0.6 is 22.6 Å². The summed E-state index contributed by atoms with van der Waals surface area (Å²) in [5.74, 6) is -0.156. The number of hydrogen-bond acceptors (Lipinski definition) is 3. The lowest BCUT2D eigenvalue weighted by atomic mass is 9.68. The van der Waals surface area contributed by atoms with Crippen molar-refractivity contribution < 1.29 is 14.3 Å². The van der Waals surface area contributed by atoms with Crippen molar-refractivity contribution in [3.8, 4) is 0 Å². The second-order valence-electron chi connectivity index (χ2n) is 5.52. The van der Waals surface area contributed by atoms with Crippen molar-refractivity contribution in [3.63, 3.8) is 0 Å². The van der Waals surface area contributed by atoms with Gasteiger partial charge in [-0.1, -0.05) is 49.3 Å². The molecule has 1 aliphatic carbocycles. The molecule has 1 saturated carbocycles. The quantitative estimate of drug-likeness (QED) is 0.471. The highest BCUT2D eigenvalue weighted by Crippen LogP contribution is 2.40. The molecular weight excluding hydrogens is 345 g/mol. The molecule has 1 rings (SSSR count). The first kappa shape index (κ1) is 15.7. The summed E-state index contributed by atoms with van der Waals surface area (Å²) in [5, 5.41) is 2.88. The first-order valence-electron chi connectivity index (χ1n) is 6.38. The summed E-state index contributed by atoms with van der Waals surface area (Å²) in [6.45, 7) is 4.65. The Kier molecular flexibility index (Phi) is 5.88. The molecule has 1 amide bonds. The van der Waals surface area contributed by atoms with Crippen LogP contribution in [0.2, 0.25) is 0 Å². The Balaban J connectivity index is 2.47. The summed E-state index contributed by atoms with van der Waals surface area (Å²) in [5.41, 5.74) is 0.0639. The minimum atomic E-state index is -0.316. The van der Waals surface area contributed by atoms with Crippen molar-refractivity contribution in [2.24, 2.45) is 11.3 Å². The third kappa shape index (κ3) is 4.10. The number of rotatable bonds is 4. The molecule has 2 atom stereocenters. The van der Waals surface area contributed by atoms with E-state index in [-0.39, 0.29) is 27.1 Å². The van der Waals surface area contributed by atoms with Crippen LogP contribution in [0.15, 0.2) is 0 Å². The van der Waals surface area contributed by atoms with Crippen LogP contribution in [-0.4, -0.2) is 29.5 Å². The van der Waals surface area contributed by atoms with E-state index in [4.69, 9.17) is 0 Å². The Morgan fingerprint density at radius 2 is 2.11 bits per heavy atom. The van der Waals surface area contributed by atoms with Crippen molar-refractivity contribution >= 4 is 34.5 Å². The van der Waals surface area contributed by atoms with Crippen LogP contribution in [0.3, 0.4) is 0 Å². The molecule has 0 aromatic heterocycles. The van der Waals surface area contributed by atoms with Crippen molar-refractivity contribution in [1.29, 1.82) is 0 Å². The number of ether oxygens (including phenoxy) is 1. The van der Waals surface area contributed by atoms with E-state index in [1.165, 1.54) is 13.5 Å². The number of amides is 1. The molecule has 18 heavy (non-hydrogen) atoms. The molecule has 0 heterocycles. The van der Waals surface area contributed by atoms with E-state index in [2.05, 4.69) is 23.9 Å². The van der Waals surface area contributed by atoms with Crippen LogP contribution in [0.4, 0.5) is 0 Å². The van der Waals surface area contributed by atoms with Gasteiger partial charge in [0, 0.05) is 12.5 Å². The highest BCUT2D eigenvalue weighted by atomic mass is 127. The van der Waals surface area contributed by atoms with Gasteiger partial charge in [0.2, 0.25) is 5.91 Å². The summed E-state index contributed by atoms with van der Waals surface area (Å²) in [6, 6.07) is 0. The molecule has 0 saturated heterocycles. The maximum Gasteiger partial charge on any atom is 0.320 e. The molecule has 0 radical (unpaired) electrons. The number of carbonyl (C=O) groups is 2. The standard InChI is InChI=1S/C13H22INO3/c1-13(2)7-5-4-6-9(13)11(16)15-8-10(14)12(17)18-3/h9-10H,4-8H2,1-3H3,(H,15,16). The highest BCUT2D eigenvalue weighted by Gasteiger charge is 2.37. The van der Waals surface area contributed by atoms with Gasteiger partial charge in [0.25, 0.3) is 0 Å². The van der Waals surface area contributed by atoms with Gasteiger partial charge in [0.1, 0.15) is 3.92 Å². The van der Waals surface area contributed by atoms with E-state index in [1.54, 1.807) is 0 Å². The predicted octanol–water partition coefficient (Wildman–Crippen LogP) is 2.30. The maximum absolute atomic E-state index is 12.2. The molecule has 2 unspecified atom stereocenters. The van der Waals surface area contributed by atoms with Gasteiger partial charge in [-0.25, -0.2) is 0 Å². The summed E-state index contributed by atoms with van der Waals surface area (Å²) in [6.07, 6.45) is 4.36. The Hall–Kier alpha value is -0.330. The Labute approximate surface area is 122 Å². The van der Waals surface area contributed by atoms with Crippen LogP contribution in [-0.2, 0) is 14.3 Å². The first-order valence-corrected chi connectivity index (χ1v) is 7.62. The van der Waals surface area contributed by atoms with Crippen molar-refractivity contribution in [2.75, 3.05) is 13.7 Å². The zero-order valence-electron chi connectivity index (χ0n) is 11.3. The van der Waals surface area contributed by atoms with E-state index in [1.807, 2.05) is 22.6 Å². The van der Waals surface area contributed by atoms with Crippen LogP contribution < -0.4 is 5.32 Å². The Bertz CT molecular complexity index is 317. The minimum absolute atomic E-state index is 0.0625. The average Bonchev–Trinajstić information content (AvgIpc) is 2.33. The maximum atomic E-state index is 12.2. The first-order chi connectivity index (χ1) is 8.38. The number of nitrogens with one attached hydrogen (secondary N) is 1. The van der Waals surface area contributed by atoms with E-state index in [0.29, 0.717) is 6.54 Å². The van der Waals surface area contributed by atoms with Gasteiger partial charge in [-0.05, 0) is 18.3 Å². The molecule has 1 N–H and O–H groups in total. The van der Waals surface area contributed by atoms with E-state index in [9.17, 15) is 9.59 Å². The number of esters is 1. The number of halogens is 1. The molecule has 0 bridgehead atoms. The topological polar surface area (TPSA) is 55.4 Å². The van der Waals surface area contributed by atoms with E-state index < -0.39 is 0 Å². The van der Waals surface area contributed by atoms with Gasteiger partial charge < -0.3 is 10.1 Å². The second-order valence-corrected chi connectivity index (χ2v) is 7.03.